The Morgan fingerprint density at radius 2 is 2.04 bits per heavy atom. The molecule has 0 radical (unpaired) electrons. The Labute approximate surface area is 166 Å². The molecule has 8 heteroatoms. The van der Waals surface area contributed by atoms with Crippen molar-refractivity contribution >= 4 is 17.3 Å². The molecule has 148 valence electrons. The lowest BCUT2D eigenvalue weighted by Gasteiger charge is -2.39. The zero-order chi connectivity index (χ0) is 20.3. The van der Waals surface area contributed by atoms with Gasteiger partial charge >= 0.3 is 6.18 Å². The van der Waals surface area contributed by atoms with Gasteiger partial charge in [-0.2, -0.15) is 23.5 Å². The van der Waals surface area contributed by atoms with Gasteiger partial charge in [0.25, 0.3) is 0 Å². The van der Waals surface area contributed by atoms with Gasteiger partial charge in [0.1, 0.15) is 6.07 Å². The predicted octanol–water partition coefficient (Wildman–Crippen LogP) is 4.87. The molecule has 1 aliphatic rings. The Morgan fingerprint density at radius 1 is 1.29 bits per heavy atom. The maximum atomic E-state index is 13.5. The highest BCUT2D eigenvalue weighted by molar-refractivity contribution is 6.32. The molecule has 0 amide bonds. The summed E-state index contributed by atoms with van der Waals surface area (Å²) >= 11 is 6.18. The van der Waals surface area contributed by atoms with Crippen LogP contribution in [-0.2, 0) is 17.6 Å². The lowest BCUT2D eigenvalue weighted by molar-refractivity contribution is -0.167. The minimum absolute atomic E-state index is 0.0657. The number of nitrogens with zero attached hydrogens (tertiary/aromatic N) is 3. The van der Waals surface area contributed by atoms with Gasteiger partial charge in [0.15, 0.2) is 0 Å². The number of anilines is 1. The monoisotopic (exact) mass is 409 g/mol. The molecule has 0 aromatic heterocycles. The molecule has 2 aromatic rings. The number of hydrogen-bond acceptors (Lipinski definition) is 4. The number of nitriles is 1. The van der Waals surface area contributed by atoms with Crippen LogP contribution < -0.4 is 4.90 Å². The average Bonchev–Trinajstić information content (AvgIpc) is 2.65. The van der Waals surface area contributed by atoms with Crippen LogP contribution in [0.15, 0.2) is 42.5 Å². The molecule has 1 atom stereocenters. The molecule has 0 unspecified atom stereocenters. The Bertz CT molecular complexity index is 882. The molecule has 2 aromatic carbocycles. The summed E-state index contributed by atoms with van der Waals surface area (Å²) in [6, 6.07) is 12.4. The number of hydrogen-bond donors (Lipinski definition) is 0. The maximum absolute atomic E-state index is 13.5. The van der Waals surface area contributed by atoms with Crippen LogP contribution in [0.5, 0.6) is 0 Å². The minimum Gasteiger partial charge on any atom is -0.363 e. The van der Waals surface area contributed by atoms with Gasteiger partial charge in [-0.15, -0.1) is 0 Å². The van der Waals surface area contributed by atoms with Crippen LogP contribution in [-0.4, -0.2) is 31.3 Å². The normalized spacial score (nSPS) is 17.9. The van der Waals surface area contributed by atoms with Gasteiger partial charge in [-0.1, -0.05) is 29.8 Å². The van der Waals surface area contributed by atoms with E-state index in [1.54, 1.807) is 36.4 Å². The van der Waals surface area contributed by atoms with Crippen LogP contribution in [0.25, 0.3) is 0 Å². The summed E-state index contributed by atoms with van der Waals surface area (Å²) in [6.45, 7) is 1.07. The van der Waals surface area contributed by atoms with Gasteiger partial charge in [0.2, 0.25) is 0 Å². The van der Waals surface area contributed by atoms with Crippen LogP contribution in [0, 0.1) is 11.3 Å². The van der Waals surface area contributed by atoms with Crippen LogP contribution in [0.1, 0.15) is 23.1 Å². The van der Waals surface area contributed by atoms with Crippen molar-refractivity contribution in [3.63, 3.8) is 0 Å². The number of alkyl halides is 3. The van der Waals surface area contributed by atoms with E-state index in [2.05, 4.69) is 0 Å². The molecule has 1 aliphatic heterocycles. The lowest BCUT2D eigenvalue weighted by Crippen LogP contribution is -2.47. The summed E-state index contributed by atoms with van der Waals surface area (Å²) in [5.41, 5.74) is 0.524. The minimum atomic E-state index is -4.43. The van der Waals surface area contributed by atoms with Crippen molar-refractivity contribution in [1.29, 1.82) is 5.26 Å². The first-order valence-corrected chi connectivity index (χ1v) is 9.13. The summed E-state index contributed by atoms with van der Waals surface area (Å²) in [6.07, 6.45) is -3.77. The van der Waals surface area contributed by atoms with Gasteiger partial charge < -0.3 is 4.90 Å². The van der Waals surface area contributed by atoms with Crippen molar-refractivity contribution < 1.29 is 18.0 Å². The SMILES string of the molecule is CN1C[C@@H](N(Cc2ccccc2C(F)(F)F)c2ccc(C#N)c(Cl)c2)CCO1. The van der Waals surface area contributed by atoms with Crippen molar-refractivity contribution in [1.82, 2.24) is 5.06 Å². The highest BCUT2D eigenvalue weighted by Gasteiger charge is 2.34. The topological polar surface area (TPSA) is 39.5 Å². The second kappa shape index (κ2) is 8.39. The second-order valence-corrected chi connectivity index (χ2v) is 7.05. The predicted molar refractivity (Wildman–Crippen MR) is 101 cm³/mol. The largest absolute Gasteiger partial charge is 0.416 e. The molecule has 3 rings (SSSR count). The van der Waals surface area contributed by atoms with Crippen molar-refractivity contribution in [2.45, 2.75) is 25.2 Å². The van der Waals surface area contributed by atoms with E-state index in [9.17, 15) is 13.2 Å². The van der Waals surface area contributed by atoms with Crippen molar-refractivity contribution in [2.75, 3.05) is 25.1 Å². The molecule has 0 aliphatic carbocycles. The van der Waals surface area contributed by atoms with E-state index in [1.165, 1.54) is 12.1 Å². The fraction of sp³-hybridized carbons (Fsp3) is 0.350. The molecule has 0 saturated carbocycles. The Morgan fingerprint density at radius 3 is 2.68 bits per heavy atom. The molecule has 28 heavy (non-hydrogen) atoms. The van der Waals surface area contributed by atoms with Crippen molar-refractivity contribution in [3.8, 4) is 6.07 Å². The summed E-state index contributed by atoms with van der Waals surface area (Å²) < 4.78 is 40.4. The third-order valence-electron chi connectivity index (χ3n) is 4.74. The average molecular weight is 410 g/mol. The van der Waals surface area contributed by atoms with Gasteiger partial charge in [-0.25, -0.2) is 0 Å². The van der Waals surface area contributed by atoms with Crippen LogP contribution in [0.4, 0.5) is 18.9 Å². The summed E-state index contributed by atoms with van der Waals surface area (Å²) in [7, 11) is 1.79. The van der Waals surface area contributed by atoms with E-state index >= 15 is 0 Å². The van der Waals surface area contributed by atoms with Gasteiger partial charge in [0, 0.05) is 31.9 Å². The quantitative estimate of drug-likeness (QED) is 0.722. The summed E-state index contributed by atoms with van der Waals surface area (Å²) in [5, 5.41) is 11.1. The first kappa shape index (κ1) is 20.5. The molecule has 0 bridgehead atoms. The summed E-state index contributed by atoms with van der Waals surface area (Å²) in [5.74, 6) is 0. The molecule has 0 spiro atoms. The Hall–Kier alpha value is -2.27. The fourth-order valence-corrected chi connectivity index (χ4v) is 3.58. The van der Waals surface area contributed by atoms with E-state index in [4.69, 9.17) is 21.7 Å². The molecular formula is C20H19ClF3N3O. The third kappa shape index (κ3) is 4.58. The van der Waals surface area contributed by atoms with Crippen molar-refractivity contribution in [2.24, 2.45) is 0 Å². The fourth-order valence-electron chi connectivity index (χ4n) is 3.36. The van der Waals surface area contributed by atoms with E-state index < -0.39 is 11.7 Å². The van der Waals surface area contributed by atoms with E-state index in [1.807, 2.05) is 11.0 Å². The smallest absolute Gasteiger partial charge is 0.363 e. The molecule has 4 nitrogen and oxygen atoms in total. The highest BCUT2D eigenvalue weighted by atomic mass is 35.5. The van der Waals surface area contributed by atoms with Crippen LogP contribution in [0.2, 0.25) is 5.02 Å². The summed E-state index contributed by atoms with van der Waals surface area (Å²) in [4.78, 5) is 7.34. The number of halogens is 4. The zero-order valence-electron chi connectivity index (χ0n) is 15.2. The van der Waals surface area contributed by atoms with Gasteiger partial charge in [-0.3, -0.25) is 4.84 Å². The Kier molecular flexibility index (Phi) is 6.14. The molecular weight excluding hydrogens is 391 g/mol. The first-order valence-electron chi connectivity index (χ1n) is 8.75. The number of likely N-dealkylation sites (N-methyl/N-ethyl adjacent to an activating group) is 1. The standard InChI is InChI=1S/C20H19ClF3N3O/c1-26-13-17(8-9-28-26)27(16-7-6-14(11-25)19(21)10-16)12-15-4-2-3-5-18(15)20(22,23)24/h2-7,10,17H,8-9,12-13H2,1H3/t17-/m0/s1. The van der Waals surface area contributed by atoms with Crippen molar-refractivity contribution in [3.05, 3.63) is 64.2 Å². The van der Waals surface area contributed by atoms with Crippen LogP contribution in [0.3, 0.4) is 0 Å². The van der Waals surface area contributed by atoms with Gasteiger partial charge in [-0.05, 0) is 36.2 Å². The number of benzene rings is 2. The van der Waals surface area contributed by atoms with Gasteiger partial charge in [0.05, 0.1) is 22.8 Å². The molecule has 1 saturated heterocycles. The third-order valence-corrected chi connectivity index (χ3v) is 5.05. The first-order chi connectivity index (χ1) is 13.3. The maximum Gasteiger partial charge on any atom is 0.416 e. The van der Waals surface area contributed by atoms with E-state index in [0.29, 0.717) is 30.8 Å². The van der Waals surface area contributed by atoms with Crippen LogP contribution >= 0.6 is 11.6 Å². The second-order valence-electron chi connectivity index (χ2n) is 6.64. The Balaban J connectivity index is 2.01. The zero-order valence-corrected chi connectivity index (χ0v) is 16.0. The molecule has 1 fully saturated rings. The molecule has 0 N–H and O–H groups in total. The molecule has 1 heterocycles. The number of rotatable bonds is 4. The highest BCUT2D eigenvalue weighted by Crippen LogP contribution is 2.34. The lowest BCUT2D eigenvalue weighted by atomic mass is 10.0. The van der Waals surface area contributed by atoms with E-state index in [-0.39, 0.29) is 23.2 Å². The van der Waals surface area contributed by atoms with E-state index in [0.717, 1.165) is 6.07 Å². The number of hydroxylamine groups is 2.